The van der Waals surface area contributed by atoms with E-state index < -0.39 is 0 Å². The van der Waals surface area contributed by atoms with Crippen molar-refractivity contribution >= 4 is 0 Å². The third-order valence-corrected chi connectivity index (χ3v) is 2.40. The highest BCUT2D eigenvalue weighted by Gasteiger charge is 2.31. The van der Waals surface area contributed by atoms with Crippen molar-refractivity contribution < 1.29 is 0 Å². The highest BCUT2D eigenvalue weighted by Crippen LogP contribution is 2.23. The van der Waals surface area contributed by atoms with E-state index in [-0.39, 0.29) is 0 Å². The Balaban J connectivity index is 1.86. The fourth-order valence-electron chi connectivity index (χ4n) is 1.84. The molecule has 12 heavy (non-hydrogen) atoms. The quantitative estimate of drug-likeness (QED) is 0.524. The summed E-state index contributed by atoms with van der Waals surface area (Å²) < 4.78 is 0. The maximum atomic E-state index is 4.16. The highest BCUT2D eigenvalue weighted by atomic mass is 15.7. The van der Waals surface area contributed by atoms with Gasteiger partial charge in [0.1, 0.15) is 6.67 Å². The first-order valence-electron chi connectivity index (χ1n) is 4.21. The van der Waals surface area contributed by atoms with E-state index in [0.717, 1.165) is 26.2 Å². The molecule has 0 radical (unpaired) electrons. The lowest BCUT2D eigenvalue weighted by Gasteiger charge is -2.22. The lowest BCUT2D eigenvalue weighted by molar-refractivity contribution is 0.144. The first-order chi connectivity index (χ1) is 5.90. The van der Waals surface area contributed by atoms with E-state index in [0.29, 0.717) is 12.1 Å². The molecule has 4 bridgehead atoms. The van der Waals surface area contributed by atoms with Crippen LogP contribution >= 0.6 is 0 Å². The number of rotatable bonds is 0. The second-order valence-corrected chi connectivity index (χ2v) is 3.47. The van der Waals surface area contributed by atoms with E-state index in [1.165, 1.54) is 0 Å². The maximum Gasteiger partial charge on any atom is 0.127 e. The molecular weight excluding hydrogens is 156 g/mol. The van der Waals surface area contributed by atoms with Crippen LogP contribution in [-0.4, -0.2) is 41.9 Å². The van der Waals surface area contributed by atoms with Crippen molar-refractivity contribution in [3.8, 4) is 0 Å². The smallest absolute Gasteiger partial charge is 0.127 e. The van der Waals surface area contributed by atoms with Gasteiger partial charge in [-0.05, 0) is 6.42 Å². The summed E-state index contributed by atoms with van der Waals surface area (Å²) in [6.07, 6.45) is 1.00. The lowest BCUT2D eigenvalue weighted by Crippen LogP contribution is -2.37. The Labute approximate surface area is 69.9 Å². The predicted octanol–water partition coefficient (Wildman–Crippen LogP) is 0.450. The number of hydrogen-bond acceptors (Lipinski definition) is 6. The largest absolute Gasteiger partial charge is 0.255 e. The van der Waals surface area contributed by atoms with Crippen molar-refractivity contribution in [2.24, 2.45) is 20.7 Å². The topological polar surface area (TPSA) is 55.9 Å². The van der Waals surface area contributed by atoms with Gasteiger partial charge >= 0.3 is 0 Å². The van der Waals surface area contributed by atoms with E-state index in [2.05, 4.69) is 20.7 Å². The fourth-order valence-corrected chi connectivity index (χ4v) is 1.84. The standard InChI is InChI=1S/C6H10N6/c1-5-2-11(9-7-5)4-12-3-6(1)8-10-12/h5-6H,1-4H2. The average Bonchev–Trinajstić information content (AvgIpc) is 2.61. The molecule has 3 aliphatic heterocycles. The molecule has 0 aromatic rings. The van der Waals surface area contributed by atoms with Crippen molar-refractivity contribution in [2.45, 2.75) is 18.5 Å². The lowest BCUT2D eigenvalue weighted by atomic mass is 10.1. The summed E-state index contributed by atoms with van der Waals surface area (Å²) in [6.45, 7) is 2.64. The molecule has 0 saturated carbocycles. The van der Waals surface area contributed by atoms with Gasteiger partial charge in [-0.3, -0.25) is 10.0 Å². The molecule has 1 saturated heterocycles. The van der Waals surface area contributed by atoms with Gasteiger partial charge in [-0.15, -0.1) is 0 Å². The molecular formula is C6H10N6. The van der Waals surface area contributed by atoms with Crippen LogP contribution < -0.4 is 0 Å². The molecule has 0 aliphatic carbocycles. The molecule has 3 heterocycles. The minimum absolute atomic E-state index is 0.356. The Hall–Kier alpha value is -1.20. The Bertz CT molecular complexity index is 202. The van der Waals surface area contributed by atoms with Crippen LogP contribution in [-0.2, 0) is 0 Å². The van der Waals surface area contributed by atoms with E-state index in [1.54, 1.807) is 0 Å². The van der Waals surface area contributed by atoms with Crippen molar-refractivity contribution in [2.75, 3.05) is 19.8 Å². The number of fused-ring (bicyclic) bond motifs is 4. The van der Waals surface area contributed by atoms with Gasteiger partial charge in [0.2, 0.25) is 0 Å². The fraction of sp³-hybridized carbons (Fsp3) is 1.00. The Morgan fingerprint density at radius 2 is 1.50 bits per heavy atom. The Morgan fingerprint density at radius 1 is 0.917 bits per heavy atom. The van der Waals surface area contributed by atoms with Gasteiger partial charge in [-0.2, -0.15) is 10.2 Å². The molecule has 6 nitrogen and oxygen atoms in total. The highest BCUT2D eigenvalue weighted by molar-refractivity contribution is 4.85. The normalized spacial score (nSPS) is 37.3. The van der Waals surface area contributed by atoms with E-state index >= 15 is 0 Å². The second kappa shape index (κ2) is 2.15. The predicted molar refractivity (Wildman–Crippen MR) is 40.2 cm³/mol. The Kier molecular flexibility index (Phi) is 1.13. The van der Waals surface area contributed by atoms with Crippen LogP contribution in [0.5, 0.6) is 0 Å². The monoisotopic (exact) mass is 166 g/mol. The SMILES string of the molecule is C1C2CN(CN3CC1N=N3)N=N2. The minimum Gasteiger partial charge on any atom is -0.255 e. The van der Waals surface area contributed by atoms with Crippen LogP contribution in [0.3, 0.4) is 0 Å². The van der Waals surface area contributed by atoms with E-state index in [4.69, 9.17) is 0 Å². The van der Waals surface area contributed by atoms with Crippen LogP contribution in [0.25, 0.3) is 0 Å². The third kappa shape index (κ3) is 0.870. The zero-order valence-electron chi connectivity index (χ0n) is 6.67. The summed E-state index contributed by atoms with van der Waals surface area (Å²) >= 11 is 0. The molecule has 3 rings (SSSR count). The molecule has 0 amide bonds. The molecule has 2 unspecified atom stereocenters. The van der Waals surface area contributed by atoms with Gasteiger partial charge < -0.3 is 0 Å². The van der Waals surface area contributed by atoms with Gasteiger partial charge in [-0.25, -0.2) is 0 Å². The van der Waals surface area contributed by atoms with Crippen LogP contribution in [0.15, 0.2) is 20.7 Å². The summed E-state index contributed by atoms with van der Waals surface area (Å²) in [5.41, 5.74) is 0. The first-order valence-corrected chi connectivity index (χ1v) is 4.21. The van der Waals surface area contributed by atoms with Crippen LogP contribution in [0.2, 0.25) is 0 Å². The van der Waals surface area contributed by atoms with Crippen LogP contribution in [0.4, 0.5) is 0 Å². The second-order valence-electron chi connectivity index (χ2n) is 3.47. The summed E-state index contributed by atoms with van der Waals surface area (Å²) in [4.78, 5) is 0. The molecule has 3 aliphatic rings. The van der Waals surface area contributed by atoms with Crippen molar-refractivity contribution in [1.29, 1.82) is 0 Å². The van der Waals surface area contributed by atoms with Gasteiger partial charge in [0.25, 0.3) is 0 Å². The van der Waals surface area contributed by atoms with E-state index in [9.17, 15) is 0 Å². The minimum atomic E-state index is 0.356. The summed E-state index contributed by atoms with van der Waals surface area (Å²) in [6, 6.07) is 0.711. The summed E-state index contributed by atoms with van der Waals surface area (Å²) in [7, 11) is 0. The average molecular weight is 166 g/mol. The molecule has 6 heteroatoms. The molecule has 0 spiro atoms. The van der Waals surface area contributed by atoms with Crippen molar-refractivity contribution in [1.82, 2.24) is 10.0 Å². The van der Waals surface area contributed by atoms with Gasteiger partial charge in [0, 0.05) is 0 Å². The molecule has 1 fully saturated rings. The molecule has 0 aromatic carbocycles. The van der Waals surface area contributed by atoms with Crippen LogP contribution in [0, 0.1) is 0 Å². The van der Waals surface area contributed by atoms with Gasteiger partial charge in [0.05, 0.1) is 25.2 Å². The molecule has 2 atom stereocenters. The van der Waals surface area contributed by atoms with Crippen molar-refractivity contribution in [3.63, 3.8) is 0 Å². The first kappa shape index (κ1) is 6.33. The molecule has 0 aromatic heterocycles. The zero-order valence-corrected chi connectivity index (χ0v) is 6.67. The van der Waals surface area contributed by atoms with Crippen LogP contribution in [0.1, 0.15) is 6.42 Å². The van der Waals surface area contributed by atoms with Gasteiger partial charge in [0.15, 0.2) is 0 Å². The zero-order chi connectivity index (χ0) is 7.97. The van der Waals surface area contributed by atoms with E-state index in [1.807, 2.05) is 10.0 Å². The van der Waals surface area contributed by atoms with Crippen molar-refractivity contribution in [3.05, 3.63) is 0 Å². The number of nitrogens with zero attached hydrogens (tertiary/aromatic N) is 6. The maximum absolute atomic E-state index is 4.16. The Morgan fingerprint density at radius 3 is 2.08 bits per heavy atom. The van der Waals surface area contributed by atoms with Gasteiger partial charge in [-0.1, -0.05) is 10.4 Å². The molecule has 0 N–H and O–H groups in total. The third-order valence-electron chi connectivity index (χ3n) is 2.40. The summed E-state index contributed by atoms with van der Waals surface area (Å²) in [5, 5.41) is 20.3. The number of hydrogen-bond donors (Lipinski definition) is 0. The summed E-state index contributed by atoms with van der Waals surface area (Å²) in [5.74, 6) is 0. The molecule has 64 valence electrons.